The number of ether oxygens (including phenoxy) is 3. The minimum Gasteiger partial charge on any atom is -0.494 e. The quantitative estimate of drug-likeness (QED) is 0.432. The van der Waals surface area contributed by atoms with Gasteiger partial charge in [0.2, 0.25) is 0 Å². The Morgan fingerprint density at radius 1 is 1.19 bits per heavy atom. The fourth-order valence-corrected chi connectivity index (χ4v) is 5.33. The first kappa shape index (κ1) is 25.3. The molecule has 2 atom stereocenters. The van der Waals surface area contributed by atoms with E-state index in [2.05, 4.69) is 25.4 Å². The van der Waals surface area contributed by atoms with Crippen molar-refractivity contribution in [3.05, 3.63) is 46.0 Å². The predicted octanol–water partition coefficient (Wildman–Crippen LogP) is 2.46. The number of pyridine rings is 1. The largest absolute Gasteiger partial charge is 0.494 e. The van der Waals surface area contributed by atoms with Crippen molar-refractivity contribution < 1.29 is 19.0 Å². The summed E-state index contributed by atoms with van der Waals surface area (Å²) in [6.07, 6.45) is 3.29. The lowest BCUT2D eigenvalue weighted by molar-refractivity contribution is -0.149. The number of carbonyl (C=O) groups excluding carboxylic acids is 1. The highest BCUT2D eigenvalue weighted by molar-refractivity contribution is 5.80. The first-order valence-electron chi connectivity index (χ1n) is 13.2. The van der Waals surface area contributed by atoms with Crippen LogP contribution in [-0.2, 0) is 20.8 Å². The number of piperidine rings is 1. The van der Waals surface area contributed by atoms with Gasteiger partial charge in [-0.3, -0.25) is 14.5 Å². The SMILES string of the molecule is CCOC(=O)C1CCN([C@@H](c2cc3cc(OCC)ccc3[nH]c2=O)c2nnnn2C[C@@H]2CCCO2)CC1. The van der Waals surface area contributed by atoms with Gasteiger partial charge in [0, 0.05) is 36.2 Å². The van der Waals surface area contributed by atoms with Crippen molar-refractivity contribution in [3.8, 4) is 5.75 Å². The molecule has 0 aliphatic carbocycles. The molecular formula is C26H34N6O5. The lowest BCUT2D eigenvalue weighted by Crippen LogP contribution is -2.42. The van der Waals surface area contributed by atoms with E-state index in [9.17, 15) is 9.59 Å². The fourth-order valence-electron chi connectivity index (χ4n) is 5.33. The molecule has 5 rings (SSSR count). The second-order valence-electron chi connectivity index (χ2n) is 9.55. The standard InChI is InChI=1S/C26H34N6O5/c1-3-35-19-7-8-22-18(14-19)15-21(25(33)27-22)23(31-11-9-17(10-12-31)26(34)36-4-2)24-28-29-30-32(24)16-20-6-5-13-37-20/h7-8,14-15,17,20,23H,3-6,9-13,16H2,1-2H3,(H,27,33)/t20-,23-/m0/s1. The average Bonchev–Trinajstić information content (AvgIpc) is 3.58. The second kappa shape index (κ2) is 11.4. The monoisotopic (exact) mass is 510 g/mol. The van der Waals surface area contributed by atoms with E-state index in [0.29, 0.717) is 57.1 Å². The number of fused-ring (bicyclic) bond motifs is 1. The van der Waals surface area contributed by atoms with Crippen LogP contribution in [0.25, 0.3) is 10.9 Å². The number of rotatable bonds is 9. The van der Waals surface area contributed by atoms with E-state index in [1.54, 1.807) is 4.68 Å². The van der Waals surface area contributed by atoms with Crippen LogP contribution in [0.15, 0.2) is 29.1 Å². The zero-order chi connectivity index (χ0) is 25.8. The summed E-state index contributed by atoms with van der Waals surface area (Å²) in [5.41, 5.74) is 1.09. The molecule has 2 aliphatic heterocycles. The molecular weight excluding hydrogens is 476 g/mol. The van der Waals surface area contributed by atoms with Crippen LogP contribution >= 0.6 is 0 Å². The molecule has 0 radical (unpaired) electrons. The summed E-state index contributed by atoms with van der Waals surface area (Å²) in [7, 11) is 0. The molecule has 2 aromatic heterocycles. The van der Waals surface area contributed by atoms with Crippen LogP contribution in [0.3, 0.4) is 0 Å². The number of tetrazole rings is 1. The predicted molar refractivity (Wildman–Crippen MR) is 135 cm³/mol. The van der Waals surface area contributed by atoms with Gasteiger partial charge >= 0.3 is 5.97 Å². The Morgan fingerprint density at radius 2 is 2.03 bits per heavy atom. The van der Waals surface area contributed by atoms with E-state index in [1.165, 1.54) is 0 Å². The minimum absolute atomic E-state index is 0.0427. The van der Waals surface area contributed by atoms with Gasteiger partial charge in [-0.15, -0.1) is 5.10 Å². The Morgan fingerprint density at radius 3 is 2.76 bits per heavy atom. The van der Waals surface area contributed by atoms with Gasteiger partial charge in [0.25, 0.3) is 5.56 Å². The summed E-state index contributed by atoms with van der Waals surface area (Å²) < 4.78 is 18.5. The molecule has 2 saturated heterocycles. The van der Waals surface area contributed by atoms with Gasteiger partial charge in [0.05, 0.1) is 31.8 Å². The number of aromatic amines is 1. The lowest BCUT2D eigenvalue weighted by atomic mass is 9.94. The Bertz CT molecular complexity index is 1280. The van der Waals surface area contributed by atoms with Crippen LogP contribution in [0.1, 0.15) is 57.0 Å². The van der Waals surface area contributed by atoms with Crippen molar-refractivity contribution in [1.82, 2.24) is 30.1 Å². The third-order valence-corrected chi connectivity index (χ3v) is 7.17. The number of hydrogen-bond acceptors (Lipinski definition) is 9. The van der Waals surface area contributed by atoms with Crippen molar-refractivity contribution in [1.29, 1.82) is 0 Å². The summed E-state index contributed by atoms with van der Waals surface area (Å²) in [5.74, 6) is 1.02. The number of carbonyl (C=O) groups is 1. The van der Waals surface area contributed by atoms with Gasteiger partial charge in [-0.25, -0.2) is 4.68 Å². The highest BCUT2D eigenvalue weighted by Crippen LogP contribution is 2.32. The fraction of sp³-hybridized carbons (Fsp3) is 0.577. The van der Waals surface area contributed by atoms with Gasteiger partial charge in [-0.05, 0) is 74.2 Å². The maximum absolute atomic E-state index is 13.4. The first-order chi connectivity index (χ1) is 18.1. The van der Waals surface area contributed by atoms with E-state index in [4.69, 9.17) is 14.2 Å². The number of H-pyrrole nitrogens is 1. The highest BCUT2D eigenvalue weighted by atomic mass is 16.5. The summed E-state index contributed by atoms with van der Waals surface area (Å²) in [4.78, 5) is 31.0. The number of hydrogen-bond donors (Lipinski definition) is 1. The molecule has 2 aliphatic rings. The molecule has 1 N–H and O–H groups in total. The van der Waals surface area contributed by atoms with Gasteiger partial charge < -0.3 is 19.2 Å². The van der Waals surface area contributed by atoms with E-state index >= 15 is 0 Å². The van der Waals surface area contributed by atoms with Crippen molar-refractivity contribution >= 4 is 16.9 Å². The minimum atomic E-state index is -0.483. The highest BCUT2D eigenvalue weighted by Gasteiger charge is 2.35. The van der Waals surface area contributed by atoms with Gasteiger partial charge in [0.1, 0.15) is 11.8 Å². The van der Waals surface area contributed by atoms with E-state index in [1.807, 2.05) is 38.1 Å². The van der Waals surface area contributed by atoms with E-state index in [-0.39, 0.29) is 23.6 Å². The van der Waals surface area contributed by atoms with E-state index < -0.39 is 6.04 Å². The van der Waals surface area contributed by atoms with Crippen LogP contribution in [0, 0.1) is 5.92 Å². The van der Waals surface area contributed by atoms with Crippen LogP contribution in [0.4, 0.5) is 0 Å². The molecule has 0 unspecified atom stereocenters. The topological polar surface area (TPSA) is 124 Å². The smallest absolute Gasteiger partial charge is 0.309 e. The first-order valence-corrected chi connectivity index (χ1v) is 13.2. The second-order valence-corrected chi connectivity index (χ2v) is 9.55. The number of nitrogens with one attached hydrogen (secondary N) is 1. The van der Waals surface area contributed by atoms with Crippen molar-refractivity contribution in [3.63, 3.8) is 0 Å². The van der Waals surface area contributed by atoms with Crippen molar-refractivity contribution in [2.75, 3.05) is 32.9 Å². The summed E-state index contributed by atoms with van der Waals surface area (Å²) in [6, 6.07) is 7.05. The average molecular weight is 511 g/mol. The zero-order valence-corrected chi connectivity index (χ0v) is 21.4. The maximum Gasteiger partial charge on any atom is 0.309 e. The molecule has 0 saturated carbocycles. The number of nitrogens with zero attached hydrogens (tertiary/aromatic N) is 5. The summed E-state index contributed by atoms with van der Waals surface area (Å²) >= 11 is 0. The molecule has 0 bridgehead atoms. The van der Waals surface area contributed by atoms with Gasteiger partial charge in [0.15, 0.2) is 5.82 Å². The van der Waals surface area contributed by atoms with Crippen molar-refractivity contribution in [2.45, 2.75) is 58.2 Å². The Labute approximate surface area is 215 Å². The molecule has 4 heterocycles. The van der Waals surface area contributed by atoms with Crippen LogP contribution in [0.2, 0.25) is 0 Å². The molecule has 0 spiro atoms. The Balaban J connectivity index is 1.52. The lowest BCUT2D eigenvalue weighted by Gasteiger charge is -2.36. The van der Waals surface area contributed by atoms with E-state index in [0.717, 1.165) is 36.1 Å². The summed E-state index contributed by atoms with van der Waals surface area (Å²) in [6.45, 7) is 7.16. The molecule has 3 aromatic rings. The van der Waals surface area contributed by atoms with Crippen LogP contribution in [-0.4, -0.2) is 75.1 Å². The molecule has 37 heavy (non-hydrogen) atoms. The van der Waals surface area contributed by atoms with Crippen LogP contribution in [0.5, 0.6) is 5.75 Å². The third-order valence-electron chi connectivity index (χ3n) is 7.17. The maximum atomic E-state index is 13.4. The zero-order valence-electron chi connectivity index (χ0n) is 21.4. The molecule has 198 valence electrons. The number of esters is 1. The third kappa shape index (κ3) is 5.52. The number of likely N-dealkylation sites (tertiary alicyclic amines) is 1. The number of benzene rings is 1. The molecule has 0 amide bonds. The normalized spacial score (nSPS) is 19.8. The Kier molecular flexibility index (Phi) is 7.80. The van der Waals surface area contributed by atoms with Gasteiger partial charge in [-0.2, -0.15) is 0 Å². The van der Waals surface area contributed by atoms with Crippen LogP contribution < -0.4 is 10.3 Å². The molecule has 11 nitrogen and oxygen atoms in total. The molecule has 1 aromatic carbocycles. The van der Waals surface area contributed by atoms with Crippen molar-refractivity contribution in [2.24, 2.45) is 5.92 Å². The molecule has 2 fully saturated rings. The summed E-state index contributed by atoms with van der Waals surface area (Å²) in [5, 5.41) is 13.5. The molecule has 11 heteroatoms. The van der Waals surface area contributed by atoms with Gasteiger partial charge in [-0.1, -0.05) is 0 Å². The number of aromatic nitrogens is 5. The Hall–Kier alpha value is -3.31.